The van der Waals surface area contributed by atoms with E-state index in [1.165, 1.54) is 6.92 Å². The minimum atomic E-state index is -1.55. The highest BCUT2D eigenvalue weighted by Crippen LogP contribution is 2.17. The van der Waals surface area contributed by atoms with Gasteiger partial charge in [0.05, 0.1) is 25.4 Å². The Morgan fingerprint density at radius 2 is 1.87 bits per heavy atom. The monoisotopic (exact) mass is 220 g/mol. The minimum absolute atomic E-state index is 0.170. The summed E-state index contributed by atoms with van der Waals surface area (Å²) >= 11 is 0. The van der Waals surface area contributed by atoms with E-state index < -0.39 is 31.0 Å². The van der Waals surface area contributed by atoms with Crippen LogP contribution in [0.3, 0.4) is 0 Å². The van der Waals surface area contributed by atoms with Crippen molar-refractivity contribution in [2.75, 3.05) is 13.2 Å². The fourth-order valence-corrected chi connectivity index (χ4v) is 1.03. The molecule has 0 aromatic rings. The van der Waals surface area contributed by atoms with E-state index in [0.717, 1.165) is 0 Å². The highest BCUT2D eigenvalue weighted by molar-refractivity contribution is 5.02. The zero-order chi connectivity index (χ0) is 12.1. The van der Waals surface area contributed by atoms with Gasteiger partial charge in [-0.2, -0.15) is 0 Å². The lowest BCUT2D eigenvalue weighted by atomic mass is 9.93. The summed E-state index contributed by atoms with van der Waals surface area (Å²) in [6.07, 6.45) is -1.65. The van der Waals surface area contributed by atoms with Crippen LogP contribution in [0.1, 0.15) is 19.8 Å². The zero-order valence-corrected chi connectivity index (χ0v) is 8.93. The molecule has 0 aliphatic rings. The maximum Gasteiger partial charge on any atom is 0.111 e. The average Bonchev–Trinajstić information content (AvgIpc) is 2.23. The first-order valence-corrected chi connectivity index (χ1v) is 4.83. The Hall–Kier alpha value is -0.460. The van der Waals surface area contributed by atoms with Gasteiger partial charge in [-0.3, -0.25) is 0 Å². The van der Waals surface area contributed by atoms with E-state index in [2.05, 4.69) is 6.58 Å². The van der Waals surface area contributed by atoms with Gasteiger partial charge in [0.25, 0.3) is 0 Å². The molecule has 0 radical (unpaired) electrons. The molecular formula is C10H20O5. The number of hydrogen-bond acceptors (Lipinski definition) is 5. The van der Waals surface area contributed by atoms with Gasteiger partial charge in [0.2, 0.25) is 0 Å². The topological polar surface area (TPSA) is 101 Å². The molecular weight excluding hydrogens is 200 g/mol. The van der Waals surface area contributed by atoms with Crippen LogP contribution in [0.5, 0.6) is 0 Å². The van der Waals surface area contributed by atoms with Crippen LogP contribution in [0.15, 0.2) is 12.2 Å². The highest BCUT2D eigenvalue weighted by atomic mass is 16.4. The summed E-state index contributed by atoms with van der Waals surface area (Å²) in [5.41, 5.74) is -1.16. The molecule has 0 rings (SSSR count). The van der Waals surface area contributed by atoms with Crippen molar-refractivity contribution < 1.29 is 25.5 Å². The minimum Gasteiger partial charge on any atom is -0.393 e. The number of rotatable bonds is 7. The first-order chi connectivity index (χ1) is 6.85. The highest BCUT2D eigenvalue weighted by Gasteiger charge is 2.29. The second-order valence-electron chi connectivity index (χ2n) is 3.93. The molecule has 0 aliphatic carbocycles. The van der Waals surface area contributed by atoms with Gasteiger partial charge in [0.15, 0.2) is 0 Å². The van der Waals surface area contributed by atoms with Gasteiger partial charge in [0.1, 0.15) is 5.60 Å². The van der Waals surface area contributed by atoms with Gasteiger partial charge in [0, 0.05) is 0 Å². The maximum atomic E-state index is 9.49. The van der Waals surface area contributed by atoms with Crippen molar-refractivity contribution in [3.05, 3.63) is 12.2 Å². The lowest BCUT2D eigenvalue weighted by Gasteiger charge is -2.27. The van der Waals surface area contributed by atoms with Crippen molar-refractivity contribution in [1.82, 2.24) is 0 Å². The molecule has 0 bridgehead atoms. The molecule has 90 valence electrons. The zero-order valence-electron chi connectivity index (χ0n) is 8.93. The molecule has 0 fully saturated rings. The summed E-state index contributed by atoms with van der Waals surface area (Å²) in [6, 6.07) is 0. The van der Waals surface area contributed by atoms with Crippen molar-refractivity contribution in [3.63, 3.8) is 0 Å². The number of aliphatic hydroxyl groups is 5. The van der Waals surface area contributed by atoms with E-state index in [4.69, 9.17) is 15.3 Å². The fraction of sp³-hybridized carbons (Fsp3) is 0.800. The fourth-order valence-electron chi connectivity index (χ4n) is 1.03. The Morgan fingerprint density at radius 3 is 2.27 bits per heavy atom. The molecule has 5 heteroatoms. The third-order valence-electron chi connectivity index (χ3n) is 2.42. The molecule has 3 atom stereocenters. The van der Waals surface area contributed by atoms with Crippen molar-refractivity contribution in [1.29, 1.82) is 0 Å². The third-order valence-corrected chi connectivity index (χ3v) is 2.42. The predicted octanol–water partition coefficient (Wildman–Crippen LogP) is -1.22. The first-order valence-electron chi connectivity index (χ1n) is 4.83. The van der Waals surface area contributed by atoms with Crippen LogP contribution < -0.4 is 0 Å². The number of hydrogen-bond donors (Lipinski definition) is 5. The Morgan fingerprint density at radius 1 is 1.33 bits per heavy atom. The van der Waals surface area contributed by atoms with Crippen LogP contribution >= 0.6 is 0 Å². The lowest BCUT2D eigenvalue weighted by Crippen LogP contribution is -2.42. The van der Waals surface area contributed by atoms with Crippen LogP contribution in [0.25, 0.3) is 0 Å². The molecule has 0 aliphatic heterocycles. The lowest BCUT2D eigenvalue weighted by molar-refractivity contribution is -0.0946. The van der Waals surface area contributed by atoms with Crippen LogP contribution in [0.2, 0.25) is 0 Å². The molecule has 0 aromatic heterocycles. The van der Waals surface area contributed by atoms with Crippen LogP contribution in [0.4, 0.5) is 0 Å². The molecule has 0 unspecified atom stereocenters. The van der Waals surface area contributed by atoms with Gasteiger partial charge in [-0.15, -0.1) is 0 Å². The van der Waals surface area contributed by atoms with E-state index >= 15 is 0 Å². The molecule has 0 amide bonds. The molecule has 5 N–H and O–H groups in total. The van der Waals surface area contributed by atoms with Crippen LogP contribution in [-0.2, 0) is 0 Å². The van der Waals surface area contributed by atoms with E-state index in [-0.39, 0.29) is 12.8 Å². The predicted molar refractivity (Wildman–Crippen MR) is 55.2 cm³/mol. The standard InChI is InChI=1S/C10H20O5/c1-7(8(13)5-11)3-4-9(14)10(2,15)6-12/h8-9,11-15H,1,3-6H2,2H3/t8-,9+,10-/m1/s1. The summed E-state index contributed by atoms with van der Waals surface area (Å²) in [6.45, 7) is 3.91. The smallest absolute Gasteiger partial charge is 0.111 e. The molecule has 15 heavy (non-hydrogen) atoms. The van der Waals surface area contributed by atoms with Gasteiger partial charge in [-0.05, 0) is 25.3 Å². The summed E-state index contributed by atoms with van der Waals surface area (Å²) in [7, 11) is 0. The number of aliphatic hydroxyl groups excluding tert-OH is 4. The van der Waals surface area contributed by atoms with E-state index in [1.807, 2.05) is 0 Å². The van der Waals surface area contributed by atoms with Crippen molar-refractivity contribution in [3.8, 4) is 0 Å². The quantitative estimate of drug-likeness (QED) is 0.346. The van der Waals surface area contributed by atoms with E-state index in [9.17, 15) is 10.2 Å². The molecule has 0 saturated heterocycles. The van der Waals surface area contributed by atoms with E-state index in [1.54, 1.807) is 0 Å². The Balaban J connectivity index is 4.01. The summed E-state index contributed by atoms with van der Waals surface area (Å²) in [5, 5.41) is 45.5. The summed E-state index contributed by atoms with van der Waals surface area (Å²) in [5.74, 6) is 0. The molecule has 0 spiro atoms. The normalized spacial score (nSPS) is 19.3. The van der Waals surface area contributed by atoms with Crippen LogP contribution in [-0.4, -0.2) is 56.6 Å². The molecule has 5 nitrogen and oxygen atoms in total. The van der Waals surface area contributed by atoms with E-state index in [0.29, 0.717) is 5.57 Å². The van der Waals surface area contributed by atoms with Gasteiger partial charge < -0.3 is 25.5 Å². The van der Waals surface area contributed by atoms with Gasteiger partial charge in [-0.1, -0.05) is 6.58 Å². The summed E-state index contributed by atoms with van der Waals surface area (Å²) < 4.78 is 0. The first kappa shape index (κ1) is 14.5. The summed E-state index contributed by atoms with van der Waals surface area (Å²) in [4.78, 5) is 0. The molecule has 0 saturated carbocycles. The molecule has 0 heterocycles. The van der Waals surface area contributed by atoms with Crippen molar-refractivity contribution >= 4 is 0 Å². The Bertz CT molecular complexity index is 202. The van der Waals surface area contributed by atoms with Crippen LogP contribution in [0, 0.1) is 0 Å². The Labute approximate surface area is 89.3 Å². The second-order valence-corrected chi connectivity index (χ2v) is 3.93. The third kappa shape index (κ3) is 4.72. The van der Waals surface area contributed by atoms with Gasteiger partial charge >= 0.3 is 0 Å². The molecule has 0 aromatic carbocycles. The SMILES string of the molecule is C=C(CC[C@H](O)[C@](C)(O)CO)[C@H](O)CO. The Kier molecular flexibility index (Phi) is 6.00. The second kappa shape index (κ2) is 6.19. The van der Waals surface area contributed by atoms with Gasteiger partial charge in [-0.25, -0.2) is 0 Å². The average molecular weight is 220 g/mol. The maximum absolute atomic E-state index is 9.49. The van der Waals surface area contributed by atoms with Crippen molar-refractivity contribution in [2.45, 2.75) is 37.6 Å². The largest absolute Gasteiger partial charge is 0.393 e. The van der Waals surface area contributed by atoms with Crippen molar-refractivity contribution in [2.24, 2.45) is 0 Å².